The van der Waals surface area contributed by atoms with Crippen LogP contribution in [0.2, 0.25) is 0 Å². The summed E-state index contributed by atoms with van der Waals surface area (Å²) in [6.45, 7) is -0.205. The van der Waals surface area contributed by atoms with Gasteiger partial charge in [-0.25, -0.2) is 0 Å². The third-order valence-corrected chi connectivity index (χ3v) is 3.60. The number of carboxylic acids is 1. The van der Waals surface area contributed by atoms with Gasteiger partial charge in [-0.3, -0.25) is 19.4 Å². The summed E-state index contributed by atoms with van der Waals surface area (Å²) in [5.74, 6) is -1.04. The fourth-order valence-corrected chi connectivity index (χ4v) is 2.17. The van der Waals surface area contributed by atoms with Crippen LogP contribution >= 0.6 is 0 Å². The van der Waals surface area contributed by atoms with Crippen molar-refractivity contribution in [2.24, 2.45) is 10.3 Å². The third-order valence-electron chi connectivity index (χ3n) is 3.60. The van der Waals surface area contributed by atoms with Crippen LogP contribution < -0.4 is 4.74 Å². The largest absolute Gasteiger partial charge is 0.486 e. The van der Waals surface area contributed by atoms with Crippen LogP contribution in [0.5, 0.6) is 5.75 Å². The monoisotopic (exact) mass is 383 g/mol. The number of benzene rings is 2. The molecule has 0 radical (unpaired) electrons. The molecule has 0 saturated heterocycles. The standard InChI is InChI=1S/C20H21N3O5/c1-23(2)22-21-16-7-3-14(4-8-16)20(27)15-5-10-18(11-6-15)28-13-17(24)9-12-19(25)26/h3-8,10-11H,9,12-13H2,1-2H3,(H,25,26). The van der Waals surface area contributed by atoms with Crippen molar-refractivity contribution in [3.8, 4) is 5.75 Å². The first kappa shape index (κ1) is 20.8. The van der Waals surface area contributed by atoms with Crippen molar-refractivity contribution >= 4 is 23.2 Å². The number of Topliss-reactive ketones (excluding diaryl/α,β-unsaturated/α-hetero) is 1. The highest BCUT2D eigenvalue weighted by molar-refractivity contribution is 6.09. The lowest BCUT2D eigenvalue weighted by molar-refractivity contribution is -0.138. The van der Waals surface area contributed by atoms with Crippen LogP contribution in [-0.4, -0.2) is 48.4 Å². The number of carbonyl (C=O) groups excluding carboxylic acids is 2. The van der Waals surface area contributed by atoms with Crippen molar-refractivity contribution in [3.63, 3.8) is 0 Å². The Morgan fingerprint density at radius 1 is 0.929 bits per heavy atom. The molecule has 0 saturated carbocycles. The molecule has 2 aromatic carbocycles. The van der Waals surface area contributed by atoms with Gasteiger partial charge in [0.15, 0.2) is 11.6 Å². The smallest absolute Gasteiger partial charge is 0.303 e. The highest BCUT2D eigenvalue weighted by Gasteiger charge is 2.10. The number of carbonyl (C=O) groups is 3. The van der Waals surface area contributed by atoms with Gasteiger partial charge in [-0.15, -0.1) is 5.11 Å². The number of nitrogens with zero attached hydrogens (tertiary/aromatic N) is 3. The molecule has 1 N–H and O–H groups in total. The van der Waals surface area contributed by atoms with Gasteiger partial charge in [0, 0.05) is 31.6 Å². The summed E-state index contributed by atoms with van der Waals surface area (Å²) in [7, 11) is 3.53. The molecule has 8 nitrogen and oxygen atoms in total. The molecular formula is C20H21N3O5. The number of ketones is 2. The van der Waals surface area contributed by atoms with Gasteiger partial charge in [0.05, 0.1) is 12.1 Å². The normalized spacial score (nSPS) is 10.6. The molecule has 2 aromatic rings. The van der Waals surface area contributed by atoms with Gasteiger partial charge in [-0.05, 0) is 48.5 Å². The number of ether oxygens (including phenoxy) is 1. The Hall–Kier alpha value is -3.55. The minimum Gasteiger partial charge on any atom is -0.486 e. The van der Waals surface area contributed by atoms with Crippen LogP contribution in [0, 0.1) is 0 Å². The zero-order valence-electron chi connectivity index (χ0n) is 15.7. The molecule has 0 heterocycles. The van der Waals surface area contributed by atoms with Crippen molar-refractivity contribution in [3.05, 3.63) is 59.7 Å². The molecule has 0 aliphatic carbocycles. The quantitative estimate of drug-likeness (QED) is 0.383. The van der Waals surface area contributed by atoms with Crippen molar-refractivity contribution < 1.29 is 24.2 Å². The number of aliphatic carboxylic acids is 1. The number of hydrogen-bond donors (Lipinski definition) is 1. The molecule has 0 aliphatic heterocycles. The lowest BCUT2D eigenvalue weighted by atomic mass is 10.0. The average Bonchev–Trinajstić information content (AvgIpc) is 2.69. The fraction of sp³-hybridized carbons (Fsp3) is 0.250. The van der Waals surface area contributed by atoms with Crippen LogP contribution in [-0.2, 0) is 9.59 Å². The van der Waals surface area contributed by atoms with Crippen LogP contribution in [0.3, 0.4) is 0 Å². The molecule has 0 amide bonds. The number of rotatable bonds is 10. The molecule has 2 rings (SSSR count). The second kappa shape index (κ2) is 9.96. The Morgan fingerprint density at radius 2 is 1.50 bits per heavy atom. The van der Waals surface area contributed by atoms with E-state index in [4.69, 9.17) is 9.84 Å². The second-order valence-electron chi connectivity index (χ2n) is 6.16. The minimum absolute atomic E-state index is 0.0734. The lowest BCUT2D eigenvalue weighted by Gasteiger charge is -2.06. The van der Waals surface area contributed by atoms with Crippen LogP contribution in [0.4, 0.5) is 5.69 Å². The number of hydrogen-bond acceptors (Lipinski definition) is 6. The van der Waals surface area contributed by atoms with Crippen LogP contribution in [0.15, 0.2) is 58.9 Å². The van der Waals surface area contributed by atoms with E-state index in [1.807, 2.05) is 0 Å². The van der Waals surface area contributed by atoms with Crippen molar-refractivity contribution in [1.29, 1.82) is 0 Å². The van der Waals surface area contributed by atoms with Gasteiger partial charge < -0.3 is 9.84 Å². The predicted octanol–water partition coefficient (Wildman–Crippen LogP) is 3.29. The van der Waals surface area contributed by atoms with Crippen LogP contribution in [0.25, 0.3) is 0 Å². The highest BCUT2D eigenvalue weighted by Crippen LogP contribution is 2.18. The number of carboxylic acid groups (broad SMARTS) is 1. The topological polar surface area (TPSA) is 109 Å². The Balaban J connectivity index is 1.94. The van der Waals surface area contributed by atoms with E-state index in [9.17, 15) is 14.4 Å². The maximum Gasteiger partial charge on any atom is 0.303 e. The van der Waals surface area contributed by atoms with Gasteiger partial charge in [0.1, 0.15) is 12.4 Å². The maximum atomic E-state index is 12.5. The first-order valence-electron chi connectivity index (χ1n) is 8.55. The van der Waals surface area contributed by atoms with E-state index in [1.165, 1.54) is 0 Å². The zero-order valence-corrected chi connectivity index (χ0v) is 15.7. The van der Waals surface area contributed by atoms with Crippen LogP contribution in [0.1, 0.15) is 28.8 Å². The van der Waals surface area contributed by atoms with Gasteiger partial charge in [-0.2, -0.15) is 0 Å². The molecule has 0 spiro atoms. The van der Waals surface area contributed by atoms with E-state index in [0.29, 0.717) is 22.6 Å². The maximum absolute atomic E-state index is 12.5. The lowest BCUT2D eigenvalue weighted by Crippen LogP contribution is -2.12. The Labute approximate surface area is 162 Å². The summed E-state index contributed by atoms with van der Waals surface area (Å²) in [6, 6.07) is 13.2. The first-order chi connectivity index (χ1) is 13.3. The van der Waals surface area contributed by atoms with E-state index in [2.05, 4.69) is 10.3 Å². The summed E-state index contributed by atoms with van der Waals surface area (Å²) in [5.41, 5.74) is 1.63. The highest BCUT2D eigenvalue weighted by atomic mass is 16.5. The molecule has 146 valence electrons. The molecule has 0 atom stereocenters. The molecule has 0 unspecified atom stereocenters. The molecule has 0 bridgehead atoms. The summed E-state index contributed by atoms with van der Waals surface area (Å²) >= 11 is 0. The first-order valence-corrected chi connectivity index (χ1v) is 8.55. The molecule has 0 aromatic heterocycles. The fourth-order valence-electron chi connectivity index (χ4n) is 2.17. The summed E-state index contributed by atoms with van der Waals surface area (Å²) in [6.07, 6.45) is -0.291. The van der Waals surface area contributed by atoms with Gasteiger partial charge in [0.2, 0.25) is 0 Å². The van der Waals surface area contributed by atoms with Crippen molar-refractivity contribution in [2.45, 2.75) is 12.8 Å². The van der Waals surface area contributed by atoms with Crippen molar-refractivity contribution in [2.75, 3.05) is 20.7 Å². The molecule has 0 aliphatic rings. The SMILES string of the molecule is CN(C)N=Nc1ccc(C(=O)c2ccc(OCC(=O)CCC(=O)O)cc2)cc1. The van der Waals surface area contributed by atoms with Crippen molar-refractivity contribution in [1.82, 2.24) is 5.01 Å². The van der Waals surface area contributed by atoms with E-state index in [0.717, 1.165) is 0 Å². The Bertz CT molecular complexity index is 858. The summed E-state index contributed by atoms with van der Waals surface area (Å²) in [5, 5.41) is 18.0. The van der Waals surface area contributed by atoms with E-state index < -0.39 is 5.97 Å². The Kier molecular flexibility index (Phi) is 7.38. The van der Waals surface area contributed by atoms with Gasteiger partial charge in [0.25, 0.3) is 0 Å². The zero-order chi connectivity index (χ0) is 20.5. The average molecular weight is 383 g/mol. The second-order valence-corrected chi connectivity index (χ2v) is 6.16. The predicted molar refractivity (Wildman–Crippen MR) is 102 cm³/mol. The van der Waals surface area contributed by atoms with E-state index >= 15 is 0 Å². The van der Waals surface area contributed by atoms with E-state index in [-0.39, 0.29) is 31.0 Å². The summed E-state index contributed by atoms with van der Waals surface area (Å²) in [4.78, 5) is 34.5. The molecule has 8 heteroatoms. The summed E-state index contributed by atoms with van der Waals surface area (Å²) < 4.78 is 5.32. The molecular weight excluding hydrogens is 362 g/mol. The van der Waals surface area contributed by atoms with E-state index in [1.54, 1.807) is 67.6 Å². The Morgan fingerprint density at radius 3 is 2.04 bits per heavy atom. The minimum atomic E-state index is -1.02. The third kappa shape index (κ3) is 6.64. The molecule has 0 fully saturated rings. The molecule has 28 heavy (non-hydrogen) atoms. The van der Waals surface area contributed by atoms with Gasteiger partial charge >= 0.3 is 5.97 Å². The van der Waals surface area contributed by atoms with Gasteiger partial charge in [-0.1, -0.05) is 5.22 Å².